The molecule has 4 aliphatic heterocycles. The van der Waals surface area contributed by atoms with Crippen LogP contribution in [0.15, 0.2) is 0 Å². The van der Waals surface area contributed by atoms with Crippen molar-refractivity contribution in [3.63, 3.8) is 0 Å². The Morgan fingerprint density at radius 3 is 0.846 bits per heavy atom. The first-order valence-corrected chi connectivity index (χ1v) is 53.1. The molecule has 0 aliphatic carbocycles. The molecule has 0 radical (unpaired) electrons. The predicted octanol–water partition coefficient (Wildman–Crippen LogP) is 2.70. The fourth-order valence-electron chi connectivity index (χ4n) is 13.1. The van der Waals surface area contributed by atoms with Gasteiger partial charge in [-0.2, -0.15) is 42.1 Å². The van der Waals surface area contributed by atoms with Gasteiger partial charge in [0.2, 0.25) is 0 Å². The van der Waals surface area contributed by atoms with Crippen LogP contribution in [-0.4, -0.2) is 503 Å². The number of likely N-dealkylation sites (tertiary alicyclic amines) is 4. The first-order chi connectivity index (χ1) is 56.8. The second-order valence-corrected chi connectivity index (χ2v) is 43.5. The molecule has 9 N–H and O–H groups in total. The largest absolute Gasteiger partial charge is 0.481 e. The summed E-state index contributed by atoms with van der Waals surface area (Å²) in [6, 6.07) is 1.76. The standard InChI is InChI=1S/C14H31N2O4P.C14H28N2O3.C13H28N2O6S.C13H28N2O4S.C12H28N2O7S2.C11H24N2O4S/c1-13(2)20-11-10-16(7-4-12-21(17,18)19)14-5-8-15(3)9-6-14;1-12(2)19-11-10-16(9-6-14(17)18)13-4-7-15(3)8-5-13;1-12(2)21-10-8-15(9-11-22(18,19)20)7-6-14(3)5-4-13(16)17;1-12(2)19-10-8-15(9-11-20(16,17)18)13-4-6-14(3)7-5-13;1-12(2)21-9-6-14(8-11-23(18,19)20)5-4-13(3)7-10-22(15,16)17;1-10(2)17-6-4-13(5-7-18(14,15)16)11-8-12(3)9-11/h13-14H,4-12H2,1-3H3,(H2,17,18,19);12-13H,4-11H2,1-3H3,(H,17,18);12H,4-11H2,1-3H3,(H,16,17)(H,18,19,20);12-13H,4-11H2,1-3H3,(H,16,17,18);12H,4-11H2,1-3H3,(H,15,16,17)(H,18,19,20);10-11H,4-9H2,1-3H3,(H,14,15,16). The highest BCUT2D eigenvalue weighted by Crippen LogP contribution is 2.35. The van der Waals surface area contributed by atoms with E-state index in [-0.39, 0.29) is 104 Å². The molecule has 4 heterocycles. The number of hydrogen-bond donors (Lipinski definition) is 9. The lowest BCUT2D eigenvalue weighted by molar-refractivity contribution is -0.138. The zero-order valence-electron chi connectivity index (χ0n) is 77.6. The molecule has 4 saturated heterocycles. The second-order valence-electron chi connectivity index (χ2n) is 33.9. The van der Waals surface area contributed by atoms with Crippen LogP contribution in [0.2, 0.25) is 0 Å². The third-order valence-electron chi connectivity index (χ3n) is 20.4. The number of aliphatic carboxylic acids is 2. The van der Waals surface area contributed by atoms with Gasteiger partial charge in [0.05, 0.1) is 124 Å². The molecule has 0 bridgehead atoms. The Morgan fingerprint density at radius 2 is 0.577 bits per heavy atom. The number of carboxylic acids is 2. The normalized spacial score (nSPS) is 16.6. The van der Waals surface area contributed by atoms with Crippen LogP contribution < -0.4 is 0 Å². The van der Waals surface area contributed by atoms with Gasteiger partial charge < -0.3 is 77.8 Å². The van der Waals surface area contributed by atoms with Crippen molar-refractivity contribution in [3.05, 3.63) is 0 Å². The van der Waals surface area contributed by atoms with E-state index in [4.69, 9.17) is 71.2 Å². The number of piperidine rings is 3. The van der Waals surface area contributed by atoms with Gasteiger partial charge in [0.25, 0.3) is 50.6 Å². The lowest BCUT2D eigenvalue weighted by Crippen LogP contribution is -2.59. The third-order valence-corrected chi connectivity index (χ3v) is 24.7. The summed E-state index contributed by atoms with van der Waals surface area (Å²) in [4.78, 5) is 64.5. The molecule has 0 aromatic rings. The summed E-state index contributed by atoms with van der Waals surface area (Å²) in [6.07, 6.45) is 8.32. The third kappa shape index (κ3) is 79.4. The topological polar surface area (TPSA) is 498 Å². The molecule has 40 nitrogen and oxygen atoms in total. The van der Waals surface area contributed by atoms with Crippen LogP contribution in [0.1, 0.15) is 141 Å². The van der Waals surface area contributed by atoms with Crippen molar-refractivity contribution in [1.29, 1.82) is 0 Å². The van der Waals surface area contributed by atoms with Gasteiger partial charge in [-0.15, -0.1) is 0 Å². The van der Waals surface area contributed by atoms with Crippen LogP contribution in [0.5, 0.6) is 0 Å². The molecule has 738 valence electrons. The number of ether oxygens (including phenoxy) is 6. The molecule has 0 atom stereocenters. The van der Waals surface area contributed by atoms with Crippen LogP contribution in [0.25, 0.3) is 0 Å². The SMILES string of the molecule is CC(C)OCCN(CCC(=O)O)C1CCN(C)CC1.CC(C)OCCN(CCCP(=O)(O)O)C1CCN(C)CC1.CC(C)OCCN(CCN(C)CCC(=O)O)CCS(=O)(=O)O.CC(C)OCCN(CCN(C)CCS(=O)(=O)O)CCS(=O)(=O)O.CC(C)OCCN(CCS(=O)(=O)O)C1CCN(C)CC1.CC(C)OCCN(CCS(=O)(=O)O)C1CN(C)C1. The summed E-state index contributed by atoms with van der Waals surface area (Å²) in [7, 11) is -11.8. The van der Waals surface area contributed by atoms with E-state index in [0.29, 0.717) is 149 Å². The Hall–Kier alpha value is -2.08. The molecule has 123 heavy (non-hydrogen) atoms. The summed E-state index contributed by atoms with van der Waals surface area (Å²) < 4.78 is 197. The summed E-state index contributed by atoms with van der Waals surface area (Å²) in [6.45, 7) is 44.8. The highest BCUT2D eigenvalue weighted by Gasteiger charge is 2.31. The van der Waals surface area contributed by atoms with E-state index in [0.717, 1.165) is 111 Å². The molecule has 0 amide bonds. The number of likely N-dealkylation sites (N-methyl/N-ethyl adjacent to an activating group) is 3. The second kappa shape index (κ2) is 67.1. The van der Waals surface area contributed by atoms with Crippen molar-refractivity contribution in [1.82, 2.24) is 58.8 Å². The monoisotopic (exact) mass is 1900 g/mol. The Bertz CT molecular complexity index is 3340. The van der Waals surface area contributed by atoms with Crippen molar-refractivity contribution in [2.24, 2.45) is 0 Å². The van der Waals surface area contributed by atoms with Gasteiger partial charge >= 0.3 is 19.5 Å². The van der Waals surface area contributed by atoms with Gasteiger partial charge in [-0.25, -0.2) is 0 Å². The molecule has 0 aromatic carbocycles. The Kier molecular flexibility index (Phi) is 67.1. The zero-order chi connectivity index (χ0) is 94.3. The smallest absolute Gasteiger partial charge is 0.325 e. The molecule has 0 unspecified atom stereocenters. The van der Waals surface area contributed by atoms with Gasteiger partial charge in [0.15, 0.2) is 0 Å². The summed E-state index contributed by atoms with van der Waals surface area (Å²) in [5.41, 5.74) is 0. The lowest BCUT2D eigenvalue weighted by Gasteiger charge is -2.43. The van der Waals surface area contributed by atoms with E-state index in [9.17, 15) is 56.2 Å². The molecule has 46 heteroatoms. The van der Waals surface area contributed by atoms with Gasteiger partial charge in [0, 0.05) is 149 Å². The number of carbonyl (C=O) groups is 2. The first-order valence-electron chi connectivity index (χ1n) is 43.3. The van der Waals surface area contributed by atoms with E-state index < -0.39 is 70.1 Å². The highest BCUT2D eigenvalue weighted by molar-refractivity contribution is 7.86. The van der Waals surface area contributed by atoms with E-state index in [2.05, 4.69) is 60.3 Å². The number of rotatable bonds is 59. The predicted molar refractivity (Wildman–Crippen MR) is 482 cm³/mol. The van der Waals surface area contributed by atoms with E-state index in [1.165, 1.54) is 0 Å². The lowest BCUT2D eigenvalue weighted by atomic mass is 10.0. The summed E-state index contributed by atoms with van der Waals surface area (Å²) in [5.74, 6) is -3.04. The molecule has 0 spiro atoms. The maximum absolute atomic E-state index is 11.0. The fourth-order valence-corrected chi connectivity index (χ4v) is 16.1. The fraction of sp³-hybridized carbons (Fsp3) is 0.974. The van der Waals surface area contributed by atoms with E-state index >= 15 is 0 Å². The van der Waals surface area contributed by atoms with E-state index in [1.807, 2.05) is 112 Å². The first kappa shape index (κ1) is 123. The van der Waals surface area contributed by atoms with Crippen molar-refractivity contribution in [3.8, 4) is 0 Å². The average Bonchev–Trinajstić information content (AvgIpc) is 0.846. The van der Waals surface area contributed by atoms with Gasteiger partial charge in [-0.3, -0.25) is 66.3 Å². The minimum atomic E-state index is -4.04. The molecule has 0 aromatic heterocycles. The molecular formula is C77H167N12O28PS5. The molecule has 4 fully saturated rings. The van der Waals surface area contributed by atoms with Crippen molar-refractivity contribution in [2.45, 2.75) is 202 Å². The average molecular weight is 1900 g/mol. The number of hydrogen-bond acceptors (Lipinski definition) is 31. The summed E-state index contributed by atoms with van der Waals surface area (Å²) in [5, 5.41) is 17.5. The van der Waals surface area contributed by atoms with Crippen molar-refractivity contribution in [2.75, 3.05) is 287 Å². The zero-order valence-corrected chi connectivity index (χ0v) is 82.6. The number of nitrogens with zero attached hydrogens (tertiary/aromatic N) is 12. The maximum atomic E-state index is 11.0. The molecule has 0 saturated carbocycles. The van der Waals surface area contributed by atoms with Crippen molar-refractivity contribution < 1.29 is 127 Å². The molecule has 4 aliphatic rings. The van der Waals surface area contributed by atoms with Crippen LogP contribution in [0.3, 0.4) is 0 Å². The van der Waals surface area contributed by atoms with Crippen LogP contribution in [0, 0.1) is 0 Å². The van der Waals surface area contributed by atoms with E-state index in [1.54, 1.807) is 11.9 Å². The Morgan fingerprint density at radius 1 is 0.333 bits per heavy atom. The van der Waals surface area contributed by atoms with Crippen LogP contribution in [0.4, 0.5) is 0 Å². The van der Waals surface area contributed by atoms with Gasteiger partial charge in [0.1, 0.15) is 0 Å². The summed E-state index contributed by atoms with van der Waals surface area (Å²) >= 11 is 0. The Balaban J connectivity index is 0. The number of carboxylic acid groups (broad SMARTS) is 2. The van der Waals surface area contributed by atoms with Crippen LogP contribution >= 0.6 is 7.60 Å². The molecular weight excluding hydrogens is 1730 g/mol. The van der Waals surface area contributed by atoms with Crippen LogP contribution in [-0.2, 0) is 93.2 Å². The maximum Gasteiger partial charge on any atom is 0.325 e. The van der Waals surface area contributed by atoms with Gasteiger partial charge in [-0.1, -0.05) is 0 Å². The van der Waals surface area contributed by atoms with Gasteiger partial charge in [-0.05, 0) is 216 Å². The minimum Gasteiger partial charge on any atom is -0.481 e. The van der Waals surface area contributed by atoms with Crippen molar-refractivity contribution >= 4 is 70.1 Å². The highest BCUT2D eigenvalue weighted by atomic mass is 32.2. The molecule has 4 rings (SSSR count). The quantitative estimate of drug-likeness (QED) is 0.0312. The Labute approximate surface area is 740 Å². The minimum absolute atomic E-state index is 0.0266.